The van der Waals surface area contributed by atoms with Crippen LogP contribution in [0.1, 0.15) is 54.9 Å². The first kappa shape index (κ1) is 23.2. The van der Waals surface area contributed by atoms with Crippen molar-refractivity contribution in [3.05, 3.63) is 0 Å². The van der Waals surface area contributed by atoms with Crippen molar-refractivity contribution in [1.82, 2.24) is 0 Å². The molecule has 0 bridgehead atoms. The normalized spacial score (nSPS) is 37.8. The summed E-state index contributed by atoms with van der Waals surface area (Å²) in [6.07, 6.45) is 0.685. The third-order valence-electron chi connectivity index (χ3n) is 8.64. The van der Waals surface area contributed by atoms with Gasteiger partial charge in [-0.3, -0.25) is 9.59 Å². The van der Waals surface area contributed by atoms with Gasteiger partial charge < -0.3 is 13.6 Å². The van der Waals surface area contributed by atoms with Crippen LogP contribution in [0.5, 0.6) is 0 Å². The zero-order valence-corrected chi connectivity index (χ0v) is 22.1. The van der Waals surface area contributed by atoms with Crippen LogP contribution in [0.25, 0.3) is 0 Å². The van der Waals surface area contributed by atoms with Crippen LogP contribution in [-0.4, -0.2) is 40.3 Å². The monoisotopic (exact) mass is 440 g/mol. The Balaban J connectivity index is 1.96. The van der Waals surface area contributed by atoms with Crippen molar-refractivity contribution >= 4 is 28.6 Å². The van der Waals surface area contributed by atoms with E-state index < -0.39 is 22.2 Å². The Hall–Kier alpha value is -0.506. The molecular weight excluding hydrogens is 400 g/mol. The molecule has 1 saturated heterocycles. The molecule has 3 rings (SSSR count). The molecule has 0 aromatic heterocycles. The molecule has 3 aliphatic rings. The number of hydrogen-bond donors (Lipinski definition) is 0. The molecule has 1 aliphatic heterocycles. The average Bonchev–Trinajstić information content (AvgIpc) is 2.75. The summed E-state index contributed by atoms with van der Waals surface area (Å²) >= 11 is 0. The number of esters is 2. The third kappa shape index (κ3) is 3.50. The molecule has 7 heteroatoms. The van der Waals surface area contributed by atoms with Gasteiger partial charge in [0.2, 0.25) is 0 Å². The van der Waals surface area contributed by atoms with Gasteiger partial charge in [0, 0.05) is 18.3 Å². The van der Waals surface area contributed by atoms with E-state index in [4.69, 9.17) is 13.6 Å². The highest BCUT2D eigenvalue weighted by Gasteiger charge is 2.75. The number of hydrogen-bond acceptors (Lipinski definition) is 5. The second-order valence-corrected chi connectivity index (χ2v) is 22.2. The van der Waals surface area contributed by atoms with Gasteiger partial charge >= 0.3 is 11.9 Å². The topological polar surface area (TPSA) is 61.8 Å². The highest BCUT2D eigenvalue weighted by Crippen LogP contribution is 2.65. The van der Waals surface area contributed by atoms with Gasteiger partial charge in [-0.05, 0) is 43.2 Å². The quantitative estimate of drug-likeness (QED) is 0.345. The van der Waals surface area contributed by atoms with Gasteiger partial charge in [0.1, 0.15) is 0 Å². The van der Waals surface area contributed by atoms with E-state index in [9.17, 15) is 9.59 Å². The molecular formula is C22H40O5Si2. The Morgan fingerprint density at radius 1 is 0.897 bits per heavy atom. The van der Waals surface area contributed by atoms with Gasteiger partial charge in [-0.25, -0.2) is 0 Å². The van der Waals surface area contributed by atoms with Crippen molar-refractivity contribution in [1.29, 1.82) is 0 Å². The lowest BCUT2D eigenvalue weighted by molar-refractivity contribution is -0.154. The van der Waals surface area contributed by atoms with Gasteiger partial charge in [-0.15, -0.1) is 0 Å². The highest BCUT2D eigenvalue weighted by atomic mass is 28.4. The van der Waals surface area contributed by atoms with Crippen LogP contribution in [0.2, 0.25) is 36.3 Å². The Bertz CT molecular complexity index is 718. The fraction of sp³-hybridized carbons (Fsp3) is 0.909. The van der Waals surface area contributed by atoms with Crippen LogP contribution in [0.4, 0.5) is 0 Å². The van der Waals surface area contributed by atoms with E-state index in [0.29, 0.717) is 0 Å². The average molecular weight is 441 g/mol. The minimum absolute atomic E-state index is 0.00431. The van der Waals surface area contributed by atoms with Crippen molar-refractivity contribution in [2.24, 2.45) is 23.7 Å². The van der Waals surface area contributed by atoms with Gasteiger partial charge in [0.25, 0.3) is 0 Å². The Morgan fingerprint density at radius 3 is 1.86 bits per heavy atom. The van der Waals surface area contributed by atoms with Crippen molar-refractivity contribution in [2.45, 2.75) is 103 Å². The maximum Gasteiger partial charge on any atom is 0.317 e. The first-order valence-electron chi connectivity index (χ1n) is 11.0. The predicted octanol–water partition coefficient (Wildman–Crippen LogP) is 5.12. The number of carbonyl (C=O) groups excluding carboxylic acids is 2. The standard InChI is InChI=1S/C22H40O5Si2/c1-20(2,3)28(8,9)26-13-12-22(7,27-29(10,11)21(4,5)6)17-14(13)15-16(17)19(24)25-18(15)23/h13-17H,12H2,1-11H3/t13-,14-,15-,16-,17-,22+/m1/s1. The van der Waals surface area contributed by atoms with Crippen LogP contribution in [-0.2, 0) is 23.2 Å². The minimum atomic E-state index is -2.07. The molecule has 29 heavy (non-hydrogen) atoms. The summed E-state index contributed by atoms with van der Waals surface area (Å²) < 4.78 is 18.9. The van der Waals surface area contributed by atoms with Crippen molar-refractivity contribution in [2.75, 3.05) is 0 Å². The van der Waals surface area contributed by atoms with Crippen LogP contribution < -0.4 is 0 Å². The molecule has 166 valence electrons. The zero-order chi connectivity index (χ0) is 22.4. The van der Waals surface area contributed by atoms with E-state index in [0.717, 1.165) is 6.42 Å². The first-order valence-corrected chi connectivity index (χ1v) is 16.8. The lowest BCUT2D eigenvalue weighted by atomic mass is 9.56. The highest BCUT2D eigenvalue weighted by molar-refractivity contribution is 6.74. The van der Waals surface area contributed by atoms with Crippen molar-refractivity contribution < 1.29 is 23.2 Å². The first-order chi connectivity index (χ1) is 12.8. The Labute approximate surface area is 178 Å². The molecule has 0 spiro atoms. The minimum Gasteiger partial charge on any atom is -0.414 e. The van der Waals surface area contributed by atoms with E-state index >= 15 is 0 Å². The van der Waals surface area contributed by atoms with E-state index in [-0.39, 0.29) is 51.8 Å². The van der Waals surface area contributed by atoms with E-state index in [1.54, 1.807) is 0 Å². The lowest BCUT2D eigenvalue weighted by Gasteiger charge is -2.51. The molecule has 2 saturated carbocycles. The predicted molar refractivity (Wildman–Crippen MR) is 118 cm³/mol. The summed E-state index contributed by atoms with van der Waals surface area (Å²) in [6.45, 7) is 24.5. The van der Waals surface area contributed by atoms with E-state index in [2.05, 4.69) is 74.7 Å². The van der Waals surface area contributed by atoms with Gasteiger partial charge in [-0.2, -0.15) is 0 Å². The summed E-state index contributed by atoms with van der Waals surface area (Å²) in [6, 6.07) is 0. The summed E-state index contributed by atoms with van der Waals surface area (Å²) in [5, 5.41) is 0.149. The van der Waals surface area contributed by atoms with Gasteiger partial charge in [0.15, 0.2) is 16.6 Å². The Morgan fingerprint density at radius 2 is 1.38 bits per heavy atom. The smallest absolute Gasteiger partial charge is 0.317 e. The maximum atomic E-state index is 12.5. The molecule has 0 unspecified atom stereocenters. The molecule has 2 aliphatic carbocycles. The molecule has 3 fully saturated rings. The number of rotatable bonds is 4. The van der Waals surface area contributed by atoms with Crippen LogP contribution in [0, 0.1) is 23.7 Å². The molecule has 5 nitrogen and oxygen atoms in total. The van der Waals surface area contributed by atoms with Crippen molar-refractivity contribution in [3.8, 4) is 0 Å². The molecule has 0 radical (unpaired) electrons. The largest absolute Gasteiger partial charge is 0.414 e. The SMILES string of the molecule is CC(C)(C)[Si](C)(C)O[C@@H]1C[C@](C)(O[Si](C)(C)C(C)(C)C)[C@H]2[C@@H]3C(=O)OC(=O)[C@@H]3[C@H]21. The molecule has 0 amide bonds. The number of fused-ring (bicyclic) bond motifs is 4. The number of carbonyl (C=O) groups is 2. The third-order valence-corrected chi connectivity index (χ3v) is 17.7. The van der Waals surface area contributed by atoms with Crippen LogP contribution >= 0.6 is 0 Å². The molecule has 6 atom stereocenters. The lowest BCUT2D eigenvalue weighted by Crippen LogP contribution is -2.59. The second-order valence-electron chi connectivity index (χ2n) is 12.7. The fourth-order valence-electron chi connectivity index (χ4n) is 5.05. The van der Waals surface area contributed by atoms with Crippen molar-refractivity contribution in [3.63, 3.8) is 0 Å². The molecule has 0 N–H and O–H groups in total. The van der Waals surface area contributed by atoms with Crippen LogP contribution in [0.3, 0.4) is 0 Å². The molecule has 1 heterocycles. The Kier molecular flexibility index (Phi) is 5.19. The summed E-state index contributed by atoms with van der Waals surface area (Å²) in [7, 11) is -4.10. The molecule has 0 aromatic rings. The molecule has 0 aromatic carbocycles. The fourth-order valence-corrected chi connectivity index (χ4v) is 8.10. The maximum absolute atomic E-state index is 12.5. The summed E-state index contributed by atoms with van der Waals surface area (Å²) in [4.78, 5) is 24.9. The number of cyclic esters (lactones) is 2. The van der Waals surface area contributed by atoms with Gasteiger partial charge in [0.05, 0.1) is 23.5 Å². The zero-order valence-electron chi connectivity index (χ0n) is 20.1. The summed E-state index contributed by atoms with van der Waals surface area (Å²) in [5.41, 5.74) is -0.467. The van der Waals surface area contributed by atoms with Crippen LogP contribution in [0.15, 0.2) is 0 Å². The summed E-state index contributed by atoms with van der Waals surface area (Å²) in [5.74, 6) is -1.43. The van der Waals surface area contributed by atoms with E-state index in [1.165, 1.54) is 0 Å². The van der Waals surface area contributed by atoms with Gasteiger partial charge in [-0.1, -0.05) is 41.5 Å². The second kappa shape index (κ2) is 6.50. The number of ether oxygens (including phenoxy) is 1. The van der Waals surface area contributed by atoms with E-state index in [1.807, 2.05) is 0 Å².